The van der Waals surface area contributed by atoms with E-state index in [1.165, 1.54) is 11.8 Å². The lowest BCUT2D eigenvalue weighted by molar-refractivity contribution is -0.122. The highest BCUT2D eigenvalue weighted by Gasteiger charge is 2.32. The molecule has 41 heavy (non-hydrogen) atoms. The number of carbonyl (C=O) groups is 1. The molecule has 1 aliphatic rings. The second-order valence-corrected chi connectivity index (χ2v) is 13.7. The number of sulfonamides is 1. The maximum Gasteiger partial charge on any atom is 0.266 e. The fraction of sp³-hybridized carbons (Fsp3) is 0.387. The van der Waals surface area contributed by atoms with Crippen LogP contribution in [0.1, 0.15) is 64.9 Å². The minimum atomic E-state index is -3.67. The van der Waals surface area contributed by atoms with Crippen LogP contribution in [0.15, 0.2) is 70.6 Å². The van der Waals surface area contributed by atoms with E-state index < -0.39 is 10.0 Å². The van der Waals surface area contributed by atoms with Gasteiger partial charge in [-0.05, 0) is 49.6 Å². The van der Waals surface area contributed by atoms with Crippen LogP contribution in [-0.4, -0.2) is 57.3 Å². The van der Waals surface area contributed by atoms with Gasteiger partial charge in [-0.25, -0.2) is 13.1 Å². The lowest BCUT2D eigenvalue weighted by atomic mass is 10.1. The van der Waals surface area contributed by atoms with Crippen molar-refractivity contribution in [3.63, 3.8) is 0 Å². The van der Waals surface area contributed by atoms with Gasteiger partial charge in [0.15, 0.2) is 0 Å². The average Bonchev–Trinajstić information content (AvgIpc) is 3.52. The van der Waals surface area contributed by atoms with E-state index in [-0.39, 0.29) is 10.8 Å². The van der Waals surface area contributed by atoms with E-state index >= 15 is 0 Å². The van der Waals surface area contributed by atoms with E-state index in [1.807, 2.05) is 62.5 Å². The summed E-state index contributed by atoms with van der Waals surface area (Å²) in [7, 11) is -3.67. The molecule has 7 nitrogen and oxygen atoms in total. The van der Waals surface area contributed by atoms with Gasteiger partial charge in [0.1, 0.15) is 10.0 Å². The Morgan fingerprint density at radius 3 is 2.37 bits per heavy atom. The van der Waals surface area contributed by atoms with E-state index in [1.54, 1.807) is 32.1 Å². The van der Waals surface area contributed by atoms with Crippen LogP contribution in [0.25, 0.3) is 23.0 Å². The van der Waals surface area contributed by atoms with Crippen molar-refractivity contribution in [1.29, 1.82) is 0 Å². The minimum absolute atomic E-state index is 0.0963. The number of amides is 1. The largest absolute Gasteiger partial charge is 0.293 e. The summed E-state index contributed by atoms with van der Waals surface area (Å²) in [5, 5.41) is 4.86. The Bertz CT molecular complexity index is 1490. The molecular formula is C31H38N4O3S3. The molecule has 3 aromatic rings. The summed E-state index contributed by atoms with van der Waals surface area (Å²) in [5.41, 5.74) is 2.83. The van der Waals surface area contributed by atoms with Crippen molar-refractivity contribution in [1.82, 2.24) is 19.0 Å². The molecule has 4 rings (SSSR count). The summed E-state index contributed by atoms with van der Waals surface area (Å²) in [4.78, 5) is 15.8. The Labute approximate surface area is 253 Å². The van der Waals surface area contributed by atoms with Crippen LogP contribution < -0.4 is 0 Å². The Morgan fingerprint density at radius 2 is 1.68 bits per heavy atom. The van der Waals surface area contributed by atoms with Gasteiger partial charge < -0.3 is 0 Å². The molecule has 0 spiro atoms. The molecule has 1 aliphatic heterocycles. The van der Waals surface area contributed by atoms with Crippen LogP contribution in [0, 0.1) is 0 Å². The standard InChI is InChI=1S/C31H38N4O3S3/c1-4-7-8-12-20-34-30(36)28(40-31(34)39)22-25-23-35(26-15-10-9-11-16-26)32-29(25)24-14-13-17-27(21-24)41(37,38)33(18-5-2)19-6-3/h9-11,13-17,21-23H,4-8,12,18-20H2,1-3H3/b28-22-. The molecule has 0 atom stereocenters. The van der Waals surface area contributed by atoms with Crippen molar-refractivity contribution in [3.05, 3.63) is 71.3 Å². The van der Waals surface area contributed by atoms with Gasteiger partial charge in [0.2, 0.25) is 10.0 Å². The number of thiocarbonyl (C=S) groups is 1. The zero-order valence-corrected chi connectivity index (χ0v) is 26.4. The number of unbranched alkanes of at least 4 members (excludes halogenated alkanes) is 3. The normalized spacial score (nSPS) is 15.0. The summed E-state index contributed by atoms with van der Waals surface area (Å²) in [5.74, 6) is -0.0963. The summed E-state index contributed by atoms with van der Waals surface area (Å²) >= 11 is 6.86. The quantitative estimate of drug-likeness (QED) is 0.110. The number of rotatable bonds is 14. The molecule has 218 valence electrons. The monoisotopic (exact) mass is 610 g/mol. The first kappa shape index (κ1) is 31.2. The number of para-hydroxylation sites is 1. The lowest BCUT2D eigenvalue weighted by Gasteiger charge is -2.21. The highest BCUT2D eigenvalue weighted by Crippen LogP contribution is 2.35. The first-order valence-electron chi connectivity index (χ1n) is 14.3. The minimum Gasteiger partial charge on any atom is -0.293 e. The fourth-order valence-electron chi connectivity index (χ4n) is 4.76. The third kappa shape index (κ3) is 7.35. The second-order valence-electron chi connectivity index (χ2n) is 10.0. The third-order valence-corrected chi connectivity index (χ3v) is 10.1. The highest BCUT2D eigenvalue weighted by molar-refractivity contribution is 8.26. The van der Waals surface area contributed by atoms with Gasteiger partial charge in [-0.15, -0.1) is 0 Å². The van der Waals surface area contributed by atoms with Gasteiger partial charge in [0, 0.05) is 37.0 Å². The predicted octanol–water partition coefficient (Wildman–Crippen LogP) is 7.13. The van der Waals surface area contributed by atoms with Crippen LogP contribution in [0.4, 0.5) is 0 Å². The zero-order chi connectivity index (χ0) is 29.4. The molecule has 0 radical (unpaired) electrons. The number of benzene rings is 2. The van der Waals surface area contributed by atoms with Crippen LogP contribution in [0.3, 0.4) is 0 Å². The van der Waals surface area contributed by atoms with Gasteiger partial charge in [-0.1, -0.05) is 94.3 Å². The Morgan fingerprint density at radius 1 is 0.951 bits per heavy atom. The number of nitrogens with zero attached hydrogens (tertiary/aromatic N) is 4. The Balaban J connectivity index is 1.74. The van der Waals surface area contributed by atoms with Gasteiger partial charge in [0.05, 0.1) is 15.5 Å². The zero-order valence-electron chi connectivity index (χ0n) is 24.0. The van der Waals surface area contributed by atoms with Crippen molar-refractivity contribution in [3.8, 4) is 16.9 Å². The summed E-state index contributed by atoms with van der Waals surface area (Å²) in [6.45, 7) is 7.66. The van der Waals surface area contributed by atoms with Crippen molar-refractivity contribution >= 4 is 50.3 Å². The molecule has 2 heterocycles. The maximum atomic E-state index is 13.5. The molecule has 1 saturated heterocycles. The predicted molar refractivity (Wildman–Crippen MR) is 172 cm³/mol. The van der Waals surface area contributed by atoms with Crippen LogP contribution in [0.5, 0.6) is 0 Å². The van der Waals surface area contributed by atoms with E-state index in [9.17, 15) is 13.2 Å². The van der Waals surface area contributed by atoms with E-state index in [0.29, 0.717) is 45.7 Å². The molecule has 0 bridgehead atoms. The smallest absolute Gasteiger partial charge is 0.266 e. The van der Waals surface area contributed by atoms with Gasteiger partial charge in [-0.2, -0.15) is 9.40 Å². The summed E-state index contributed by atoms with van der Waals surface area (Å²) in [6.07, 6.45) is 9.42. The van der Waals surface area contributed by atoms with E-state index in [4.69, 9.17) is 17.3 Å². The van der Waals surface area contributed by atoms with Crippen LogP contribution in [-0.2, 0) is 14.8 Å². The number of thioether (sulfide) groups is 1. The van der Waals surface area contributed by atoms with Crippen LogP contribution in [0.2, 0.25) is 0 Å². The van der Waals surface area contributed by atoms with Crippen molar-refractivity contribution in [2.75, 3.05) is 19.6 Å². The molecule has 1 amide bonds. The molecular weight excluding hydrogens is 573 g/mol. The Hall–Kier alpha value is -2.79. The summed E-state index contributed by atoms with van der Waals surface area (Å²) in [6, 6.07) is 16.6. The molecule has 0 saturated carbocycles. The maximum absolute atomic E-state index is 13.5. The van der Waals surface area contributed by atoms with Gasteiger partial charge >= 0.3 is 0 Å². The highest BCUT2D eigenvalue weighted by atomic mass is 32.2. The van der Waals surface area contributed by atoms with E-state index in [0.717, 1.165) is 44.2 Å². The number of hydrogen-bond acceptors (Lipinski definition) is 6. The van der Waals surface area contributed by atoms with Crippen molar-refractivity contribution in [2.45, 2.75) is 64.2 Å². The van der Waals surface area contributed by atoms with Crippen molar-refractivity contribution in [2.24, 2.45) is 0 Å². The second kappa shape index (κ2) is 14.4. The topological polar surface area (TPSA) is 75.5 Å². The molecule has 0 N–H and O–H groups in total. The third-order valence-electron chi connectivity index (χ3n) is 6.85. The molecule has 0 aliphatic carbocycles. The molecule has 1 aromatic heterocycles. The number of aromatic nitrogens is 2. The molecule has 2 aromatic carbocycles. The number of carbonyl (C=O) groups excluding carboxylic acids is 1. The lowest BCUT2D eigenvalue weighted by Crippen LogP contribution is -2.32. The summed E-state index contributed by atoms with van der Waals surface area (Å²) < 4.78 is 31.0. The van der Waals surface area contributed by atoms with E-state index in [2.05, 4.69) is 6.92 Å². The first-order valence-corrected chi connectivity index (χ1v) is 17.0. The molecule has 1 fully saturated rings. The molecule has 0 unspecified atom stereocenters. The average molecular weight is 611 g/mol. The SMILES string of the molecule is CCCCCCN1C(=O)/C(=C/c2cn(-c3ccccc3)nc2-c2cccc(S(=O)(=O)N(CCC)CCC)c2)SC1=S. The molecule has 10 heteroatoms. The first-order chi connectivity index (χ1) is 19.8. The Kier molecular flexibility index (Phi) is 10.9. The van der Waals surface area contributed by atoms with Crippen molar-refractivity contribution < 1.29 is 13.2 Å². The fourth-order valence-corrected chi connectivity index (χ4v) is 7.73. The van der Waals surface area contributed by atoms with Gasteiger partial charge in [-0.3, -0.25) is 9.69 Å². The number of hydrogen-bond donors (Lipinski definition) is 0. The van der Waals surface area contributed by atoms with Crippen LogP contribution >= 0.6 is 24.0 Å². The van der Waals surface area contributed by atoms with Gasteiger partial charge in [0.25, 0.3) is 5.91 Å².